The lowest BCUT2D eigenvalue weighted by Crippen LogP contribution is -2.59. The number of aliphatic hydroxyl groups excluding tert-OH is 1. The normalized spacial score (nSPS) is 37.1. The van der Waals surface area contributed by atoms with Crippen molar-refractivity contribution < 1.29 is 51.6 Å². The van der Waals surface area contributed by atoms with Gasteiger partial charge < -0.3 is 33.8 Å². The Morgan fingerprint density at radius 3 is 2.47 bits per heavy atom. The number of esters is 2. The zero-order valence-electron chi connectivity index (χ0n) is 27.8. The van der Waals surface area contributed by atoms with Crippen molar-refractivity contribution >= 4 is 28.1 Å². The van der Waals surface area contributed by atoms with Crippen LogP contribution in [0.1, 0.15) is 44.6 Å². The predicted octanol–water partition coefficient (Wildman–Crippen LogP) is 3.52. The summed E-state index contributed by atoms with van der Waals surface area (Å²) in [6, 6.07) is 10.7. The smallest absolute Gasteiger partial charge is 0.421 e. The van der Waals surface area contributed by atoms with Crippen molar-refractivity contribution in [2.45, 2.75) is 81.2 Å². The first-order valence-corrected chi connectivity index (χ1v) is 17.9. The van der Waals surface area contributed by atoms with E-state index >= 15 is 0 Å². The number of cyclic esters (lactones) is 1. The van der Waals surface area contributed by atoms with Crippen molar-refractivity contribution in [1.82, 2.24) is 9.71 Å². The zero-order chi connectivity index (χ0) is 35.2. The Kier molecular flexibility index (Phi) is 9.52. The minimum atomic E-state index is -4.28. The molecule has 12 atom stereocenters. The maximum atomic E-state index is 13.5. The van der Waals surface area contributed by atoms with Gasteiger partial charge in [0, 0.05) is 42.9 Å². The second-order valence-electron chi connectivity index (χ2n) is 13.4. The Hall–Kier alpha value is -3.98. The van der Waals surface area contributed by atoms with Crippen LogP contribution in [0, 0.1) is 29.6 Å². The average molecular weight is 699 g/mol. The van der Waals surface area contributed by atoms with Gasteiger partial charge in [-0.25, -0.2) is 27.5 Å². The van der Waals surface area contributed by atoms with Gasteiger partial charge in [-0.2, -0.15) is 0 Å². The first-order valence-electron chi connectivity index (χ1n) is 16.4. The van der Waals surface area contributed by atoms with Crippen LogP contribution >= 0.6 is 0 Å². The molecule has 3 N–H and O–H groups in total. The molecule has 2 aliphatic heterocycles. The molecule has 2 aliphatic carbocycles. The van der Waals surface area contributed by atoms with E-state index in [1.165, 1.54) is 31.4 Å². The van der Waals surface area contributed by atoms with E-state index in [-0.39, 0.29) is 17.0 Å². The monoisotopic (exact) mass is 698 g/mol. The SMILES string of the molecule is CO[C@H]1CC2C=C[C@H]3[C@H]4O[C@]2(/C(C)=C/[C@@H](C)[C@@H]([C@@H](C)O)OC1=O)[C@@H]3[C@H](OC(=O)NS(=O)(=O)c1ccccc1)[C@@H](C)[C@H]4OC(=O)c1ccc[nH]1. The van der Waals surface area contributed by atoms with Gasteiger partial charge in [-0.3, -0.25) is 0 Å². The largest absolute Gasteiger partial charge is 0.457 e. The summed E-state index contributed by atoms with van der Waals surface area (Å²) in [5.74, 6) is -3.92. The van der Waals surface area contributed by atoms with E-state index in [9.17, 15) is 27.9 Å². The molecule has 3 heterocycles. The number of hydrogen-bond acceptors (Lipinski definition) is 11. The second-order valence-corrected chi connectivity index (χ2v) is 15.1. The van der Waals surface area contributed by atoms with Crippen molar-refractivity contribution in [1.29, 1.82) is 0 Å². The van der Waals surface area contributed by atoms with Gasteiger partial charge in [-0.15, -0.1) is 0 Å². The van der Waals surface area contributed by atoms with Crippen LogP contribution in [0.5, 0.6) is 0 Å². The molecule has 1 saturated carbocycles. The molecule has 1 amide bonds. The van der Waals surface area contributed by atoms with E-state index in [1.54, 1.807) is 38.2 Å². The van der Waals surface area contributed by atoms with Crippen LogP contribution in [-0.4, -0.2) is 85.9 Å². The molecule has 2 fully saturated rings. The zero-order valence-corrected chi connectivity index (χ0v) is 28.7. The van der Waals surface area contributed by atoms with Crippen molar-refractivity contribution in [3.8, 4) is 0 Å². The van der Waals surface area contributed by atoms with Crippen molar-refractivity contribution in [3.05, 3.63) is 78.2 Å². The maximum absolute atomic E-state index is 13.5. The van der Waals surface area contributed by atoms with E-state index in [0.717, 1.165) is 5.57 Å². The molecule has 6 rings (SSSR count). The molecular weight excluding hydrogens is 656 g/mol. The molecule has 14 heteroatoms. The van der Waals surface area contributed by atoms with Crippen LogP contribution in [0.3, 0.4) is 0 Å². The van der Waals surface area contributed by atoms with Gasteiger partial charge in [-0.1, -0.05) is 50.3 Å². The molecule has 49 heavy (non-hydrogen) atoms. The van der Waals surface area contributed by atoms with E-state index in [2.05, 4.69) is 4.98 Å². The molecule has 0 radical (unpaired) electrons. The Morgan fingerprint density at radius 1 is 1.08 bits per heavy atom. The number of aromatic nitrogens is 1. The highest BCUT2D eigenvalue weighted by Crippen LogP contribution is 2.61. The van der Waals surface area contributed by atoms with Crippen LogP contribution in [0.4, 0.5) is 4.79 Å². The van der Waals surface area contributed by atoms with Gasteiger partial charge in [0.15, 0.2) is 6.10 Å². The van der Waals surface area contributed by atoms with Gasteiger partial charge in [0.1, 0.15) is 35.7 Å². The lowest BCUT2D eigenvalue weighted by atomic mass is 9.57. The number of ether oxygens (including phenoxy) is 5. The summed E-state index contributed by atoms with van der Waals surface area (Å²) in [7, 11) is -2.88. The lowest BCUT2D eigenvalue weighted by molar-refractivity contribution is -0.172. The summed E-state index contributed by atoms with van der Waals surface area (Å²) >= 11 is 0. The van der Waals surface area contributed by atoms with Crippen LogP contribution in [0.15, 0.2) is 77.4 Å². The molecule has 4 bridgehead atoms. The van der Waals surface area contributed by atoms with Gasteiger partial charge in [0.05, 0.1) is 11.0 Å². The minimum absolute atomic E-state index is 0.116. The molecule has 264 valence electrons. The fourth-order valence-electron chi connectivity index (χ4n) is 8.22. The molecular formula is C35H42N2O11S. The molecule has 13 nitrogen and oxygen atoms in total. The average Bonchev–Trinajstić information content (AvgIpc) is 3.66. The molecule has 2 aromatic rings. The van der Waals surface area contributed by atoms with Gasteiger partial charge in [0.25, 0.3) is 10.0 Å². The first-order chi connectivity index (χ1) is 23.3. The Morgan fingerprint density at radius 2 is 1.82 bits per heavy atom. The maximum Gasteiger partial charge on any atom is 0.421 e. The van der Waals surface area contributed by atoms with E-state index in [1.807, 2.05) is 36.8 Å². The first kappa shape index (κ1) is 34.9. The molecule has 1 saturated heterocycles. The highest BCUT2D eigenvalue weighted by molar-refractivity contribution is 7.90. The van der Waals surface area contributed by atoms with Crippen LogP contribution in [0.25, 0.3) is 0 Å². The van der Waals surface area contributed by atoms with Crippen molar-refractivity contribution in [3.63, 3.8) is 0 Å². The summed E-state index contributed by atoms with van der Waals surface area (Å²) in [5.41, 5.74) is -0.249. The number of sulfonamides is 1. The fourth-order valence-corrected chi connectivity index (χ4v) is 9.12. The highest BCUT2D eigenvalue weighted by Gasteiger charge is 2.70. The standard InChI is InChI=1S/C35H42N2O11S/c1-18-16-19(2)35-22(17-26(44-5)33(40)45-28(18)21(4)38)13-14-24-27(35)29(47-34(41)37-49(42,43)23-10-7-6-8-11-23)20(3)30(31(24)48-35)46-32(39)25-12-9-15-36-25/h6-16,18,20-22,24,26-31,36,38H,17H2,1-5H3,(H,37,41)/b19-16+/t18-,20-,21-,22?,24-,26+,27+,28+,29-,30-,31-,35+/m1/s1. The summed E-state index contributed by atoms with van der Waals surface area (Å²) < 4.78 is 58.9. The predicted molar refractivity (Wildman–Crippen MR) is 173 cm³/mol. The number of benzene rings is 1. The summed E-state index contributed by atoms with van der Waals surface area (Å²) in [6.07, 6.45) is 0.757. The van der Waals surface area contributed by atoms with Crippen LogP contribution in [-0.2, 0) is 38.5 Å². The van der Waals surface area contributed by atoms with Gasteiger partial charge in [0.2, 0.25) is 0 Å². The van der Waals surface area contributed by atoms with Crippen LogP contribution < -0.4 is 4.72 Å². The second kappa shape index (κ2) is 13.4. The molecule has 1 spiro atoms. The Labute approximate surface area is 285 Å². The number of nitrogens with one attached hydrogen (secondary N) is 2. The third-order valence-corrected chi connectivity index (χ3v) is 11.7. The topological polar surface area (TPSA) is 180 Å². The van der Waals surface area contributed by atoms with Crippen molar-refractivity contribution in [2.75, 3.05) is 7.11 Å². The summed E-state index contributed by atoms with van der Waals surface area (Å²) in [6.45, 7) is 7.02. The van der Waals surface area contributed by atoms with Crippen molar-refractivity contribution in [2.24, 2.45) is 29.6 Å². The number of carbonyl (C=O) groups excluding carboxylic acids is 3. The van der Waals surface area contributed by atoms with Gasteiger partial charge >= 0.3 is 18.0 Å². The third kappa shape index (κ3) is 6.19. The number of aromatic amines is 1. The lowest BCUT2D eigenvalue weighted by Gasteiger charge is -2.49. The van der Waals surface area contributed by atoms with E-state index in [0.29, 0.717) is 0 Å². The van der Waals surface area contributed by atoms with E-state index < -0.39 is 99.9 Å². The summed E-state index contributed by atoms with van der Waals surface area (Å²) in [5, 5.41) is 10.6. The van der Waals surface area contributed by atoms with Crippen LogP contribution in [0.2, 0.25) is 0 Å². The number of amides is 1. The van der Waals surface area contributed by atoms with E-state index in [4.69, 9.17) is 23.7 Å². The summed E-state index contributed by atoms with van der Waals surface area (Å²) in [4.78, 5) is 42.9. The highest BCUT2D eigenvalue weighted by atomic mass is 32.2. The third-order valence-electron chi connectivity index (χ3n) is 10.4. The quantitative estimate of drug-likeness (QED) is 0.219. The molecule has 1 aromatic carbocycles. The minimum Gasteiger partial charge on any atom is -0.457 e. The molecule has 1 aromatic heterocycles. The fraction of sp³-hybridized carbons (Fsp3) is 0.514. The Balaban J connectivity index is 1.44. The van der Waals surface area contributed by atoms with Gasteiger partial charge in [-0.05, 0) is 50.1 Å². The number of H-pyrrole nitrogens is 1. The molecule has 1 unspecified atom stereocenters. The number of hydrogen-bond donors (Lipinski definition) is 3. The number of carbonyl (C=O) groups is 3. The number of aliphatic hydroxyl groups is 1. The Bertz CT molecular complexity index is 1720. The number of methoxy groups -OCH3 is 1. The number of rotatable bonds is 7. The molecule has 4 aliphatic rings.